The van der Waals surface area contributed by atoms with Crippen LogP contribution in [0.2, 0.25) is 0 Å². The summed E-state index contributed by atoms with van der Waals surface area (Å²) in [4.78, 5) is 26.4. The van der Waals surface area contributed by atoms with Crippen molar-refractivity contribution in [3.8, 4) is 0 Å². The molecule has 0 aromatic rings. The normalized spacial score (nSPS) is 23.1. The van der Waals surface area contributed by atoms with Gasteiger partial charge in [-0.15, -0.1) is 0 Å². The van der Waals surface area contributed by atoms with Crippen molar-refractivity contribution in [3.63, 3.8) is 0 Å². The molecule has 1 aliphatic rings. The number of amides is 2. The van der Waals surface area contributed by atoms with Crippen LogP contribution in [0, 0.1) is 0 Å². The Morgan fingerprint density at radius 2 is 1.71 bits per heavy atom. The van der Waals surface area contributed by atoms with Crippen LogP contribution >= 0.6 is 0 Å². The Hall–Kier alpha value is -1.11. The molecule has 1 N–H and O–H groups in total. The second-order valence-electron chi connectivity index (χ2n) is 6.42. The standard InChI is InChI=1S/C14H26N2O4S/c1-7-14(8-2)12(18)16(10(3)11(17)15-14)9-13(4,5)21(6,19)20/h10H,7-9H2,1-6H3,(H,15,17). The van der Waals surface area contributed by atoms with Crippen molar-refractivity contribution in [2.24, 2.45) is 0 Å². The number of hydrogen-bond donors (Lipinski definition) is 1. The largest absolute Gasteiger partial charge is 0.340 e. The van der Waals surface area contributed by atoms with Crippen LogP contribution in [-0.4, -0.2) is 54.3 Å². The molecule has 0 aromatic heterocycles. The first-order chi connectivity index (χ1) is 9.42. The van der Waals surface area contributed by atoms with Crippen LogP contribution in [0.5, 0.6) is 0 Å². The molecule has 0 aliphatic carbocycles. The molecule has 1 fully saturated rings. The molecule has 1 saturated heterocycles. The summed E-state index contributed by atoms with van der Waals surface area (Å²) >= 11 is 0. The Morgan fingerprint density at radius 3 is 2.10 bits per heavy atom. The molecule has 1 atom stereocenters. The minimum absolute atomic E-state index is 0.0149. The van der Waals surface area contributed by atoms with Gasteiger partial charge in [-0.2, -0.15) is 0 Å². The van der Waals surface area contributed by atoms with Gasteiger partial charge in [0.25, 0.3) is 0 Å². The molecule has 2 amide bonds. The first-order valence-corrected chi connectivity index (χ1v) is 9.13. The lowest BCUT2D eigenvalue weighted by Gasteiger charge is -2.46. The van der Waals surface area contributed by atoms with Gasteiger partial charge in [0.05, 0.1) is 4.75 Å². The lowest BCUT2D eigenvalue weighted by atomic mass is 9.87. The summed E-state index contributed by atoms with van der Waals surface area (Å²) in [5.41, 5.74) is -0.919. The van der Waals surface area contributed by atoms with Crippen molar-refractivity contribution in [1.82, 2.24) is 10.2 Å². The smallest absolute Gasteiger partial charge is 0.249 e. The molecule has 7 heteroatoms. The minimum Gasteiger partial charge on any atom is -0.340 e. The van der Waals surface area contributed by atoms with Gasteiger partial charge in [0, 0.05) is 12.8 Å². The second kappa shape index (κ2) is 5.59. The molecule has 1 aliphatic heterocycles. The van der Waals surface area contributed by atoms with Crippen LogP contribution in [0.4, 0.5) is 0 Å². The number of nitrogens with zero attached hydrogens (tertiary/aromatic N) is 1. The van der Waals surface area contributed by atoms with Gasteiger partial charge in [-0.05, 0) is 33.6 Å². The Morgan fingerprint density at radius 1 is 1.24 bits per heavy atom. The predicted octanol–water partition coefficient (Wildman–Crippen LogP) is 0.715. The highest BCUT2D eigenvalue weighted by molar-refractivity contribution is 7.92. The molecule has 0 spiro atoms. The van der Waals surface area contributed by atoms with E-state index >= 15 is 0 Å². The van der Waals surface area contributed by atoms with Gasteiger partial charge in [-0.1, -0.05) is 13.8 Å². The van der Waals surface area contributed by atoms with Crippen molar-refractivity contribution in [1.29, 1.82) is 0 Å². The molecular formula is C14H26N2O4S. The van der Waals surface area contributed by atoms with E-state index in [1.807, 2.05) is 13.8 Å². The third-order valence-electron chi connectivity index (χ3n) is 4.64. The van der Waals surface area contributed by atoms with Gasteiger partial charge in [0.2, 0.25) is 11.8 Å². The number of carbonyl (C=O) groups is 2. The van der Waals surface area contributed by atoms with Gasteiger partial charge in [-0.25, -0.2) is 8.42 Å². The van der Waals surface area contributed by atoms with Crippen LogP contribution in [0.15, 0.2) is 0 Å². The summed E-state index contributed by atoms with van der Waals surface area (Å²) in [6, 6.07) is -0.662. The van der Waals surface area contributed by atoms with Gasteiger partial charge >= 0.3 is 0 Å². The summed E-state index contributed by atoms with van der Waals surface area (Å²) in [7, 11) is -3.34. The van der Waals surface area contributed by atoms with E-state index < -0.39 is 26.2 Å². The van der Waals surface area contributed by atoms with Gasteiger partial charge in [-0.3, -0.25) is 9.59 Å². The van der Waals surface area contributed by atoms with E-state index in [0.717, 1.165) is 6.26 Å². The third kappa shape index (κ3) is 3.07. The van der Waals surface area contributed by atoms with E-state index in [9.17, 15) is 18.0 Å². The van der Waals surface area contributed by atoms with Crippen LogP contribution in [0.3, 0.4) is 0 Å². The Kier molecular flexibility index (Phi) is 4.77. The van der Waals surface area contributed by atoms with Crippen molar-refractivity contribution in [2.45, 2.75) is 63.8 Å². The average molecular weight is 318 g/mol. The van der Waals surface area contributed by atoms with E-state index in [0.29, 0.717) is 12.8 Å². The highest BCUT2D eigenvalue weighted by Crippen LogP contribution is 2.28. The fraction of sp³-hybridized carbons (Fsp3) is 0.857. The maximum atomic E-state index is 12.8. The number of hydrogen-bond acceptors (Lipinski definition) is 4. The van der Waals surface area contributed by atoms with Crippen molar-refractivity contribution >= 4 is 21.7 Å². The molecule has 0 saturated carbocycles. The number of carbonyl (C=O) groups excluding carboxylic acids is 2. The van der Waals surface area contributed by atoms with E-state index in [2.05, 4.69) is 5.32 Å². The van der Waals surface area contributed by atoms with E-state index in [1.165, 1.54) is 4.90 Å². The van der Waals surface area contributed by atoms with Gasteiger partial charge < -0.3 is 10.2 Å². The average Bonchev–Trinajstić information content (AvgIpc) is 2.38. The zero-order valence-electron chi connectivity index (χ0n) is 13.7. The van der Waals surface area contributed by atoms with Crippen molar-refractivity contribution < 1.29 is 18.0 Å². The molecule has 0 aromatic carbocycles. The van der Waals surface area contributed by atoms with Crippen LogP contribution in [-0.2, 0) is 19.4 Å². The van der Waals surface area contributed by atoms with Crippen molar-refractivity contribution in [3.05, 3.63) is 0 Å². The van der Waals surface area contributed by atoms with Crippen LogP contribution in [0.1, 0.15) is 47.5 Å². The van der Waals surface area contributed by atoms with Gasteiger partial charge in [0.1, 0.15) is 11.6 Å². The molecule has 0 radical (unpaired) electrons. The summed E-state index contributed by atoms with van der Waals surface area (Å²) in [5.74, 6) is -0.432. The fourth-order valence-corrected chi connectivity index (χ4v) is 2.83. The quantitative estimate of drug-likeness (QED) is 0.809. The van der Waals surface area contributed by atoms with Crippen molar-refractivity contribution in [2.75, 3.05) is 12.8 Å². The topological polar surface area (TPSA) is 83.6 Å². The molecule has 21 heavy (non-hydrogen) atoms. The second-order valence-corrected chi connectivity index (χ2v) is 9.07. The maximum absolute atomic E-state index is 12.8. The molecule has 0 bridgehead atoms. The van der Waals surface area contributed by atoms with E-state index in [4.69, 9.17) is 0 Å². The number of sulfone groups is 1. The Labute approximate surface area is 127 Å². The van der Waals surface area contributed by atoms with Gasteiger partial charge in [0.15, 0.2) is 9.84 Å². The van der Waals surface area contributed by atoms with Crippen LogP contribution < -0.4 is 5.32 Å². The first-order valence-electron chi connectivity index (χ1n) is 7.24. The summed E-state index contributed by atoms with van der Waals surface area (Å²) in [6.45, 7) is 8.49. The van der Waals surface area contributed by atoms with Crippen LogP contribution in [0.25, 0.3) is 0 Å². The SMILES string of the molecule is CCC1(CC)NC(=O)C(C)N(CC(C)(C)S(C)(=O)=O)C1=O. The zero-order chi connectivity index (χ0) is 16.6. The Bertz CT molecular complexity index is 535. The number of nitrogens with one attached hydrogen (secondary N) is 1. The molecular weight excluding hydrogens is 292 g/mol. The Balaban J connectivity index is 3.20. The highest BCUT2D eigenvalue weighted by atomic mass is 32.2. The molecule has 1 rings (SSSR count). The predicted molar refractivity (Wildman–Crippen MR) is 81.6 cm³/mol. The fourth-order valence-electron chi connectivity index (χ4n) is 2.45. The third-order valence-corrected chi connectivity index (χ3v) is 6.78. The first kappa shape index (κ1) is 17.9. The molecule has 1 unspecified atom stereocenters. The highest BCUT2D eigenvalue weighted by Gasteiger charge is 2.49. The van der Waals surface area contributed by atoms with E-state index in [1.54, 1.807) is 20.8 Å². The lowest BCUT2D eigenvalue weighted by Crippen LogP contribution is -2.70. The molecule has 122 valence electrons. The summed E-state index contributed by atoms with van der Waals surface area (Å²) < 4.78 is 22.7. The van der Waals surface area contributed by atoms with E-state index in [-0.39, 0.29) is 18.4 Å². The molecule has 1 heterocycles. The zero-order valence-corrected chi connectivity index (χ0v) is 14.5. The minimum atomic E-state index is -3.34. The molecule has 6 nitrogen and oxygen atoms in total. The summed E-state index contributed by atoms with van der Waals surface area (Å²) in [6.07, 6.45) is 2.12. The number of piperazine rings is 1. The lowest BCUT2D eigenvalue weighted by molar-refractivity contribution is -0.155. The number of rotatable bonds is 5. The maximum Gasteiger partial charge on any atom is 0.249 e. The monoisotopic (exact) mass is 318 g/mol. The summed E-state index contributed by atoms with van der Waals surface area (Å²) in [5, 5.41) is 2.80.